The molecule has 0 fully saturated rings. The van der Waals surface area contributed by atoms with E-state index < -0.39 is 6.10 Å². The van der Waals surface area contributed by atoms with Crippen molar-refractivity contribution in [3.05, 3.63) is 12.2 Å². The molecule has 0 aliphatic heterocycles. The number of esters is 3. The van der Waals surface area contributed by atoms with Crippen LogP contribution in [0.15, 0.2) is 12.2 Å². The fraction of sp³-hybridized carbons (Fsp3) is 0.909. The number of hydrogen-bond donors (Lipinski definition) is 0. The van der Waals surface area contributed by atoms with Gasteiger partial charge in [0, 0.05) is 19.3 Å². The number of carbonyl (C=O) groups is 3. The van der Waals surface area contributed by atoms with E-state index in [1.54, 1.807) is 0 Å². The second kappa shape index (κ2) is 50.8. The summed E-state index contributed by atoms with van der Waals surface area (Å²) >= 11 is 0. The molecule has 0 radical (unpaired) electrons. The lowest BCUT2D eigenvalue weighted by Gasteiger charge is -2.18. The molecule has 0 aliphatic carbocycles. The van der Waals surface area contributed by atoms with Crippen LogP contribution in [0, 0.1) is 0 Å². The Morgan fingerprint density at radius 2 is 0.541 bits per heavy atom. The standard InChI is InChI=1S/C55H104O6/c1-4-7-10-13-16-19-22-24-25-26-27-28-29-31-34-36-39-42-45-48-54(57)60-51-52(61-55(58)49-46-43-40-37-32-21-18-15-12-9-6-3)50-59-53(56)47-44-41-38-35-33-30-23-20-17-14-11-8-5-2/h24-25,52H,4-23,26-51H2,1-3H3/b25-24-/t52-/m0/s1. The van der Waals surface area contributed by atoms with E-state index in [2.05, 4.69) is 32.9 Å². The SMILES string of the molecule is CCCCCCCC/C=C\CCCCCCCCCCCC(=O)OC[C@H](COC(=O)CCCCCCCCCCCCCCC)OC(=O)CCCCCCCCCCCCC. The van der Waals surface area contributed by atoms with Gasteiger partial charge in [-0.05, 0) is 44.9 Å². The summed E-state index contributed by atoms with van der Waals surface area (Å²) in [6, 6.07) is 0. The largest absolute Gasteiger partial charge is 0.462 e. The molecule has 0 amide bonds. The first-order chi connectivity index (χ1) is 30.0. The van der Waals surface area contributed by atoms with Crippen molar-refractivity contribution < 1.29 is 28.6 Å². The summed E-state index contributed by atoms with van der Waals surface area (Å²) in [7, 11) is 0. The average molecular weight is 861 g/mol. The van der Waals surface area contributed by atoms with E-state index in [1.807, 2.05) is 0 Å². The fourth-order valence-corrected chi connectivity index (χ4v) is 8.14. The molecule has 0 saturated heterocycles. The maximum absolute atomic E-state index is 12.8. The number of hydrogen-bond acceptors (Lipinski definition) is 6. The van der Waals surface area contributed by atoms with E-state index in [4.69, 9.17) is 14.2 Å². The van der Waals surface area contributed by atoms with Crippen molar-refractivity contribution in [1.29, 1.82) is 0 Å². The number of unbranched alkanes of at least 4 members (excludes halogenated alkanes) is 37. The first kappa shape index (κ1) is 59.1. The maximum Gasteiger partial charge on any atom is 0.306 e. The molecule has 0 spiro atoms. The molecule has 360 valence electrons. The van der Waals surface area contributed by atoms with Gasteiger partial charge < -0.3 is 14.2 Å². The molecule has 0 aromatic rings. The van der Waals surface area contributed by atoms with Crippen LogP contribution < -0.4 is 0 Å². The lowest BCUT2D eigenvalue weighted by Crippen LogP contribution is -2.30. The Morgan fingerprint density at radius 3 is 0.820 bits per heavy atom. The van der Waals surface area contributed by atoms with Gasteiger partial charge in [-0.25, -0.2) is 0 Å². The summed E-state index contributed by atoms with van der Waals surface area (Å²) in [6.45, 7) is 6.66. The molecule has 6 nitrogen and oxygen atoms in total. The molecule has 0 aromatic carbocycles. The van der Waals surface area contributed by atoms with E-state index in [-0.39, 0.29) is 31.1 Å². The zero-order chi connectivity index (χ0) is 44.4. The molecule has 0 aliphatic rings. The normalized spacial score (nSPS) is 12.0. The molecular formula is C55H104O6. The molecule has 0 N–H and O–H groups in total. The van der Waals surface area contributed by atoms with Gasteiger partial charge in [0.05, 0.1) is 0 Å². The first-order valence-corrected chi connectivity index (χ1v) is 27.2. The van der Waals surface area contributed by atoms with Gasteiger partial charge >= 0.3 is 17.9 Å². The molecule has 0 saturated carbocycles. The number of rotatable bonds is 50. The number of allylic oxidation sites excluding steroid dienone is 2. The minimum atomic E-state index is -0.763. The van der Waals surface area contributed by atoms with E-state index in [9.17, 15) is 14.4 Å². The highest BCUT2D eigenvalue weighted by atomic mass is 16.6. The third-order valence-corrected chi connectivity index (χ3v) is 12.3. The van der Waals surface area contributed by atoms with Crippen molar-refractivity contribution in [1.82, 2.24) is 0 Å². The summed E-state index contributed by atoms with van der Waals surface area (Å²) in [5, 5.41) is 0. The Labute approximate surface area is 380 Å². The lowest BCUT2D eigenvalue weighted by atomic mass is 10.0. The predicted molar refractivity (Wildman–Crippen MR) is 261 cm³/mol. The van der Waals surface area contributed by atoms with Crippen molar-refractivity contribution in [2.24, 2.45) is 0 Å². The first-order valence-electron chi connectivity index (χ1n) is 27.2. The van der Waals surface area contributed by atoms with Crippen LogP contribution in [0.5, 0.6) is 0 Å². The van der Waals surface area contributed by atoms with Crippen LogP contribution in [0.2, 0.25) is 0 Å². The minimum Gasteiger partial charge on any atom is -0.462 e. The van der Waals surface area contributed by atoms with Crippen molar-refractivity contribution in [2.45, 2.75) is 309 Å². The van der Waals surface area contributed by atoms with Gasteiger partial charge in [0.2, 0.25) is 0 Å². The summed E-state index contributed by atoms with van der Waals surface area (Å²) in [4.78, 5) is 38.0. The van der Waals surface area contributed by atoms with Crippen LogP contribution in [0.3, 0.4) is 0 Å². The molecule has 1 atom stereocenters. The topological polar surface area (TPSA) is 78.9 Å². The van der Waals surface area contributed by atoms with E-state index in [0.717, 1.165) is 57.8 Å². The Balaban J connectivity index is 4.26. The van der Waals surface area contributed by atoms with Crippen molar-refractivity contribution in [2.75, 3.05) is 13.2 Å². The third-order valence-electron chi connectivity index (χ3n) is 12.3. The molecule has 0 rings (SSSR count). The molecule has 0 heterocycles. The van der Waals surface area contributed by atoms with E-state index >= 15 is 0 Å². The van der Waals surface area contributed by atoms with Crippen LogP contribution in [0.25, 0.3) is 0 Å². The molecule has 0 aromatic heterocycles. The Hall–Kier alpha value is -1.85. The van der Waals surface area contributed by atoms with Gasteiger partial charge in [0.1, 0.15) is 13.2 Å². The summed E-state index contributed by atoms with van der Waals surface area (Å²) < 4.78 is 16.8. The molecular weight excluding hydrogens is 757 g/mol. The second-order valence-electron chi connectivity index (χ2n) is 18.5. The Morgan fingerprint density at radius 1 is 0.311 bits per heavy atom. The van der Waals surface area contributed by atoms with Crippen LogP contribution >= 0.6 is 0 Å². The number of carbonyl (C=O) groups excluding carboxylic acids is 3. The summed E-state index contributed by atoms with van der Waals surface area (Å²) in [5.41, 5.74) is 0. The summed E-state index contributed by atoms with van der Waals surface area (Å²) in [5.74, 6) is -0.849. The average Bonchev–Trinajstić information content (AvgIpc) is 3.26. The van der Waals surface area contributed by atoms with Gasteiger partial charge in [0.25, 0.3) is 0 Å². The summed E-state index contributed by atoms with van der Waals surface area (Å²) in [6.07, 6.45) is 56.2. The van der Waals surface area contributed by atoms with E-state index in [1.165, 1.54) is 205 Å². The van der Waals surface area contributed by atoms with Crippen molar-refractivity contribution in [3.63, 3.8) is 0 Å². The highest BCUT2D eigenvalue weighted by molar-refractivity contribution is 5.71. The zero-order valence-corrected chi connectivity index (χ0v) is 41.2. The maximum atomic E-state index is 12.8. The van der Waals surface area contributed by atoms with Gasteiger partial charge in [-0.1, -0.05) is 251 Å². The number of ether oxygens (including phenoxy) is 3. The molecule has 0 unspecified atom stereocenters. The fourth-order valence-electron chi connectivity index (χ4n) is 8.14. The van der Waals surface area contributed by atoms with Crippen LogP contribution in [-0.2, 0) is 28.6 Å². The van der Waals surface area contributed by atoms with Crippen LogP contribution in [-0.4, -0.2) is 37.2 Å². The highest BCUT2D eigenvalue weighted by Gasteiger charge is 2.19. The van der Waals surface area contributed by atoms with Crippen LogP contribution in [0.1, 0.15) is 303 Å². The van der Waals surface area contributed by atoms with Gasteiger partial charge in [-0.2, -0.15) is 0 Å². The Kier molecular flexibility index (Phi) is 49.3. The Bertz CT molecular complexity index is 947. The monoisotopic (exact) mass is 861 g/mol. The quantitative estimate of drug-likeness (QED) is 0.0262. The highest BCUT2D eigenvalue weighted by Crippen LogP contribution is 2.16. The lowest BCUT2D eigenvalue weighted by molar-refractivity contribution is -0.167. The van der Waals surface area contributed by atoms with Gasteiger partial charge in [-0.3, -0.25) is 14.4 Å². The van der Waals surface area contributed by atoms with Crippen molar-refractivity contribution >= 4 is 17.9 Å². The van der Waals surface area contributed by atoms with E-state index in [0.29, 0.717) is 19.3 Å². The zero-order valence-electron chi connectivity index (χ0n) is 41.2. The van der Waals surface area contributed by atoms with Gasteiger partial charge in [0.15, 0.2) is 6.10 Å². The van der Waals surface area contributed by atoms with Crippen LogP contribution in [0.4, 0.5) is 0 Å². The molecule has 61 heavy (non-hydrogen) atoms. The smallest absolute Gasteiger partial charge is 0.306 e. The van der Waals surface area contributed by atoms with Crippen molar-refractivity contribution in [3.8, 4) is 0 Å². The molecule has 0 bridgehead atoms. The second-order valence-corrected chi connectivity index (χ2v) is 18.5. The minimum absolute atomic E-state index is 0.0650. The van der Waals surface area contributed by atoms with Gasteiger partial charge in [-0.15, -0.1) is 0 Å². The molecule has 6 heteroatoms. The predicted octanol–water partition coefficient (Wildman–Crippen LogP) is 17.8. The third kappa shape index (κ3) is 49.0.